The molecule has 1 aromatic rings. The van der Waals surface area contributed by atoms with Gasteiger partial charge in [0.05, 0.1) is 0 Å². The van der Waals surface area contributed by atoms with Crippen LogP contribution in [-0.4, -0.2) is 16.3 Å². The number of rotatable bonds is 3. The Labute approximate surface area is 83.4 Å². The summed E-state index contributed by atoms with van der Waals surface area (Å²) in [6.45, 7) is 2.87. The van der Waals surface area contributed by atoms with Gasteiger partial charge in [-0.25, -0.2) is 0 Å². The van der Waals surface area contributed by atoms with Crippen LogP contribution in [0.25, 0.3) is 0 Å². The van der Waals surface area contributed by atoms with Crippen molar-refractivity contribution in [3.05, 3.63) is 23.8 Å². The Balaban J connectivity index is 1.95. The van der Waals surface area contributed by atoms with E-state index in [1.807, 2.05) is 0 Å². The topological polar surface area (TPSA) is 52.5 Å². The molecule has 14 heavy (non-hydrogen) atoms. The van der Waals surface area contributed by atoms with Crippen LogP contribution in [0, 0.1) is 5.92 Å². The fraction of sp³-hybridized carbons (Fsp3) is 0.455. The molecule has 0 aliphatic heterocycles. The van der Waals surface area contributed by atoms with Gasteiger partial charge in [0.25, 0.3) is 0 Å². The van der Waals surface area contributed by atoms with E-state index < -0.39 is 0 Å². The van der Waals surface area contributed by atoms with Gasteiger partial charge in [0, 0.05) is 24.2 Å². The molecule has 0 heterocycles. The van der Waals surface area contributed by atoms with Gasteiger partial charge >= 0.3 is 0 Å². The van der Waals surface area contributed by atoms with Crippen molar-refractivity contribution in [3.63, 3.8) is 0 Å². The smallest absolute Gasteiger partial charge is 0.123 e. The van der Waals surface area contributed by atoms with Crippen LogP contribution in [0.2, 0.25) is 0 Å². The monoisotopic (exact) mass is 193 g/mol. The first-order valence-corrected chi connectivity index (χ1v) is 4.91. The minimum Gasteiger partial charge on any atom is -0.508 e. The standard InChI is InChI=1S/C11H15NO2/c1-7-4-10(7)12-6-8-2-3-9(13)5-11(8)14/h2-3,5,7,10,12-14H,4,6H2,1H3. The van der Waals surface area contributed by atoms with Crippen molar-refractivity contribution in [1.82, 2.24) is 5.32 Å². The fourth-order valence-corrected chi connectivity index (χ4v) is 1.55. The lowest BCUT2D eigenvalue weighted by Gasteiger charge is -2.06. The van der Waals surface area contributed by atoms with Crippen LogP contribution < -0.4 is 5.32 Å². The van der Waals surface area contributed by atoms with E-state index in [1.165, 1.54) is 12.5 Å². The van der Waals surface area contributed by atoms with Crippen molar-refractivity contribution in [2.45, 2.75) is 25.9 Å². The number of aromatic hydroxyl groups is 2. The molecule has 0 radical (unpaired) electrons. The lowest BCUT2D eigenvalue weighted by molar-refractivity contribution is 0.443. The van der Waals surface area contributed by atoms with Gasteiger partial charge in [0.1, 0.15) is 11.5 Å². The molecule has 0 amide bonds. The summed E-state index contributed by atoms with van der Waals surface area (Å²) >= 11 is 0. The summed E-state index contributed by atoms with van der Waals surface area (Å²) in [5.41, 5.74) is 0.835. The second kappa shape index (κ2) is 3.50. The van der Waals surface area contributed by atoms with E-state index in [0.717, 1.165) is 11.5 Å². The van der Waals surface area contributed by atoms with E-state index in [-0.39, 0.29) is 11.5 Å². The molecule has 3 heteroatoms. The Kier molecular flexibility index (Phi) is 2.33. The molecule has 76 valence electrons. The molecular weight excluding hydrogens is 178 g/mol. The molecule has 3 nitrogen and oxygen atoms in total. The molecule has 1 aromatic carbocycles. The maximum absolute atomic E-state index is 9.49. The van der Waals surface area contributed by atoms with E-state index in [2.05, 4.69) is 12.2 Å². The van der Waals surface area contributed by atoms with Crippen molar-refractivity contribution in [1.29, 1.82) is 0 Å². The Hall–Kier alpha value is -1.22. The predicted molar refractivity (Wildman–Crippen MR) is 54.2 cm³/mol. The summed E-state index contributed by atoms with van der Waals surface area (Å²) in [6.07, 6.45) is 1.22. The number of nitrogens with one attached hydrogen (secondary N) is 1. The van der Waals surface area contributed by atoms with Crippen molar-refractivity contribution < 1.29 is 10.2 Å². The van der Waals surface area contributed by atoms with Gasteiger partial charge in [-0.1, -0.05) is 13.0 Å². The minimum absolute atomic E-state index is 0.103. The lowest BCUT2D eigenvalue weighted by atomic mass is 10.2. The third-order valence-corrected chi connectivity index (χ3v) is 2.73. The van der Waals surface area contributed by atoms with Gasteiger partial charge in [0.15, 0.2) is 0 Å². The maximum Gasteiger partial charge on any atom is 0.123 e. The van der Waals surface area contributed by atoms with Crippen LogP contribution in [0.3, 0.4) is 0 Å². The molecule has 0 bridgehead atoms. The first-order chi connectivity index (χ1) is 6.66. The van der Waals surface area contributed by atoms with E-state index in [0.29, 0.717) is 12.6 Å². The molecule has 3 N–H and O–H groups in total. The summed E-state index contributed by atoms with van der Waals surface area (Å²) in [5.74, 6) is 1.02. The molecule has 1 saturated carbocycles. The molecule has 2 unspecified atom stereocenters. The Morgan fingerprint density at radius 2 is 2.14 bits per heavy atom. The largest absolute Gasteiger partial charge is 0.508 e. The molecule has 2 rings (SSSR count). The zero-order chi connectivity index (χ0) is 10.1. The van der Waals surface area contributed by atoms with Gasteiger partial charge < -0.3 is 15.5 Å². The first kappa shape index (κ1) is 9.34. The van der Waals surface area contributed by atoms with Gasteiger partial charge in [0.2, 0.25) is 0 Å². The van der Waals surface area contributed by atoms with E-state index in [9.17, 15) is 5.11 Å². The van der Waals surface area contributed by atoms with Gasteiger partial charge in [-0.3, -0.25) is 0 Å². The second-order valence-electron chi connectivity index (χ2n) is 4.01. The average Bonchev–Trinajstić information content (AvgIpc) is 2.80. The fourth-order valence-electron chi connectivity index (χ4n) is 1.55. The Morgan fingerprint density at radius 1 is 1.43 bits per heavy atom. The van der Waals surface area contributed by atoms with Crippen LogP contribution >= 0.6 is 0 Å². The summed E-state index contributed by atoms with van der Waals surface area (Å²) in [7, 11) is 0. The van der Waals surface area contributed by atoms with Crippen LogP contribution in [0.15, 0.2) is 18.2 Å². The number of phenols is 2. The summed E-state index contributed by atoms with van der Waals surface area (Å²) < 4.78 is 0. The summed E-state index contributed by atoms with van der Waals surface area (Å²) in [6, 6.07) is 5.30. The highest BCUT2D eigenvalue weighted by Crippen LogP contribution is 2.30. The van der Waals surface area contributed by atoms with E-state index in [4.69, 9.17) is 5.11 Å². The quantitative estimate of drug-likeness (QED) is 0.683. The molecule has 1 fully saturated rings. The number of benzene rings is 1. The lowest BCUT2D eigenvalue weighted by Crippen LogP contribution is -2.16. The van der Waals surface area contributed by atoms with Crippen LogP contribution in [0.4, 0.5) is 0 Å². The summed E-state index contributed by atoms with van der Waals surface area (Å²) in [4.78, 5) is 0. The molecule has 0 saturated heterocycles. The van der Waals surface area contributed by atoms with Crippen LogP contribution in [-0.2, 0) is 6.54 Å². The Bertz CT molecular complexity index is 338. The first-order valence-electron chi connectivity index (χ1n) is 4.91. The van der Waals surface area contributed by atoms with Crippen LogP contribution in [0.5, 0.6) is 11.5 Å². The van der Waals surface area contributed by atoms with Gasteiger partial charge in [-0.15, -0.1) is 0 Å². The molecule has 1 aliphatic rings. The number of hydrogen-bond acceptors (Lipinski definition) is 3. The minimum atomic E-state index is 0.103. The van der Waals surface area contributed by atoms with Crippen molar-refractivity contribution in [2.24, 2.45) is 5.92 Å². The molecule has 2 atom stereocenters. The third-order valence-electron chi connectivity index (χ3n) is 2.73. The SMILES string of the molecule is CC1CC1NCc1ccc(O)cc1O. The van der Waals surface area contributed by atoms with Crippen molar-refractivity contribution in [3.8, 4) is 11.5 Å². The highest BCUT2D eigenvalue weighted by molar-refractivity contribution is 5.38. The van der Waals surface area contributed by atoms with Crippen LogP contribution in [0.1, 0.15) is 18.9 Å². The van der Waals surface area contributed by atoms with Gasteiger partial charge in [-0.2, -0.15) is 0 Å². The van der Waals surface area contributed by atoms with E-state index >= 15 is 0 Å². The molecule has 0 spiro atoms. The zero-order valence-corrected chi connectivity index (χ0v) is 8.20. The molecular formula is C11H15NO2. The highest BCUT2D eigenvalue weighted by Gasteiger charge is 2.31. The summed E-state index contributed by atoms with van der Waals surface area (Å²) in [5, 5.41) is 21.9. The second-order valence-corrected chi connectivity index (χ2v) is 4.01. The van der Waals surface area contributed by atoms with Gasteiger partial charge in [-0.05, 0) is 18.4 Å². The molecule has 0 aromatic heterocycles. The van der Waals surface area contributed by atoms with Crippen molar-refractivity contribution in [2.75, 3.05) is 0 Å². The Morgan fingerprint density at radius 3 is 2.71 bits per heavy atom. The predicted octanol–water partition coefficient (Wildman–Crippen LogP) is 1.60. The zero-order valence-electron chi connectivity index (χ0n) is 8.20. The van der Waals surface area contributed by atoms with E-state index in [1.54, 1.807) is 12.1 Å². The highest BCUT2D eigenvalue weighted by atomic mass is 16.3. The van der Waals surface area contributed by atoms with Crippen molar-refractivity contribution >= 4 is 0 Å². The normalized spacial score (nSPS) is 24.9. The molecule has 1 aliphatic carbocycles. The third kappa shape index (κ3) is 1.99. The maximum atomic E-state index is 9.49. The average molecular weight is 193 g/mol. The number of phenolic OH excluding ortho intramolecular Hbond substituents is 2. The number of hydrogen-bond donors (Lipinski definition) is 3.